The molecule has 0 unspecified atom stereocenters. The van der Waals surface area contributed by atoms with E-state index in [1.165, 1.54) is 9.80 Å². The number of fused-ring (bicyclic) bond motifs is 3. The van der Waals surface area contributed by atoms with Crippen molar-refractivity contribution < 1.29 is 14.4 Å². The van der Waals surface area contributed by atoms with Crippen LogP contribution in [0.4, 0.5) is 11.4 Å². The minimum atomic E-state index is -1.35. The van der Waals surface area contributed by atoms with Crippen LogP contribution >= 0.6 is 0 Å². The van der Waals surface area contributed by atoms with Gasteiger partial charge in [0, 0.05) is 25.6 Å². The van der Waals surface area contributed by atoms with Crippen LogP contribution in [0, 0.1) is 13.8 Å². The number of hydrogen-bond donors (Lipinski definition) is 1. The standard InChI is InChI=1S/C21H21N3O3/c1-13-7-6-9-16(14(13)2)22-20(27)21-12-11-18(25)24(21)17-10-5-4-8-15(17)19(26)23(21)3/h4-10H,11-12H2,1-3H3,(H,22,27)/t21-/m0/s1. The molecule has 0 aromatic heterocycles. The van der Waals surface area contributed by atoms with E-state index < -0.39 is 5.66 Å². The molecule has 6 nitrogen and oxygen atoms in total. The van der Waals surface area contributed by atoms with E-state index in [1.54, 1.807) is 31.3 Å². The molecule has 4 rings (SSSR count). The predicted octanol–water partition coefficient (Wildman–Crippen LogP) is 2.85. The van der Waals surface area contributed by atoms with Crippen LogP contribution in [0.25, 0.3) is 0 Å². The monoisotopic (exact) mass is 363 g/mol. The molecule has 6 heteroatoms. The zero-order chi connectivity index (χ0) is 19.3. The van der Waals surface area contributed by atoms with Gasteiger partial charge in [-0.3, -0.25) is 19.3 Å². The number of para-hydroxylation sites is 1. The van der Waals surface area contributed by atoms with E-state index in [0.717, 1.165) is 11.1 Å². The number of rotatable bonds is 2. The predicted molar refractivity (Wildman–Crippen MR) is 103 cm³/mol. The van der Waals surface area contributed by atoms with Crippen LogP contribution in [0.3, 0.4) is 0 Å². The van der Waals surface area contributed by atoms with Gasteiger partial charge in [-0.05, 0) is 43.2 Å². The second kappa shape index (κ2) is 5.94. The first-order chi connectivity index (χ1) is 12.9. The third kappa shape index (κ3) is 2.29. The maximum Gasteiger partial charge on any atom is 0.271 e. The second-order valence-electron chi connectivity index (χ2n) is 7.13. The minimum Gasteiger partial charge on any atom is -0.322 e. The Bertz CT molecular complexity index is 984. The second-order valence-corrected chi connectivity index (χ2v) is 7.13. The van der Waals surface area contributed by atoms with E-state index in [9.17, 15) is 14.4 Å². The molecule has 0 bridgehead atoms. The molecule has 2 aliphatic heterocycles. The van der Waals surface area contributed by atoms with Crippen molar-refractivity contribution in [3.8, 4) is 0 Å². The van der Waals surface area contributed by atoms with E-state index in [0.29, 0.717) is 16.9 Å². The van der Waals surface area contributed by atoms with E-state index in [-0.39, 0.29) is 30.6 Å². The summed E-state index contributed by atoms with van der Waals surface area (Å²) >= 11 is 0. The molecule has 2 aromatic rings. The molecule has 0 saturated carbocycles. The first-order valence-corrected chi connectivity index (χ1v) is 8.96. The lowest BCUT2D eigenvalue weighted by Crippen LogP contribution is -2.68. The van der Waals surface area contributed by atoms with Crippen LogP contribution in [0.15, 0.2) is 42.5 Å². The summed E-state index contributed by atoms with van der Waals surface area (Å²) in [5.74, 6) is -0.780. The molecular weight excluding hydrogens is 342 g/mol. The SMILES string of the molecule is Cc1cccc(NC(=O)[C@]23CCC(=O)N2c2ccccc2C(=O)N3C)c1C. The van der Waals surface area contributed by atoms with Gasteiger partial charge in [-0.25, -0.2) is 0 Å². The van der Waals surface area contributed by atoms with Gasteiger partial charge in [-0.2, -0.15) is 0 Å². The molecule has 2 aliphatic rings. The van der Waals surface area contributed by atoms with Crippen LogP contribution in [-0.4, -0.2) is 35.3 Å². The molecule has 0 spiro atoms. The maximum absolute atomic E-state index is 13.4. The van der Waals surface area contributed by atoms with Crippen molar-refractivity contribution in [1.82, 2.24) is 4.90 Å². The van der Waals surface area contributed by atoms with Crippen molar-refractivity contribution in [2.45, 2.75) is 32.4 Å². The number of likely N-dealkylation sites (N-methyl/N-ethyl adjacent to an activating group) is 1. The van der Waals surface area contributed by atoms with Gasteiger partial charge in [0.2, 0.25) is 11.6 Å². The van der Waals surface area contributed by atoms with Crippen LogP contribution in [0.2, 0.25) is 0 Å². The normalized spacial score (nSPS) is 21.1. The summed E-state index contributed by atoms with van der Waals surface area (Å²) in [6.07, 6.45) is 0.477. The van der Waals surface area contributed by atoms with E-state index in [2.05, 4.69) is 5.32 Å². The molecule has 0 aliphatic carbocycles. The number of benzene rings is 2. The molecular formula is C21H21N3O3. The van der Waals surface area contributed by atoms with Gasteiger partial charge in [-0.15, -0.1) is 0 Å². The fourth-order valence-electron chi connectivity index (χ4n) is 4.04. The zero-order valence-electron chi connectivity index (χ0n) is 15.6. The highest BCUT2D eigenvalue weighted by molar-refractivity contribution is 6.18. The van der Waals surface area contributed by atoms with E-state index >= 15 is 0 Å². The first-order valence-electron chi connectivity index (χ1n) is 8.96. The highest BCUT2D eigenvalue weighted by Gasteiger charge is 2.59. The fraction of sp³-hybridized carbons (Fsp3) is 0.286. The molecule has 27 heavy (non-hydrogen) atoms. The lowest BCUT2D eigenvalue weighted by Gasteiger charge is -2.47. The largest absolute Gasteiger partial charge is 0.322 e. The van der Waals surface area contributed by atoms with Crippen molar-refractivity contribution in [1.29, 1.82) is 0 Å². The number of nitrogens with one attached hydrogen (secondary N) is 1. The van der Waals surface area contributed by atoms with Crippen LogP contribution in [0.1, 0.15) is 34.3 Å². The number of anilines is 2. The van der Waals surface area contributed by atoms with Crippen LogP contribution in [-0.2, 0) is 9.59 Å². The van der Waals surface area contributed by atoms with Crippen LogP contribution in [0.5, 0.6) is 0 Å². The van der Waals surface area contributed by atoms with Gasteiger partial charge in [-0.1, -0.05) is 24.3 Å². The average molecular weight is 363 g/mol. The minimum absolute atomic E-state index is 0.155. The Morgan fingerprint density at radius 1 is 1.07 bits per heavy atom. The van der Waals surface area contributed by atoms with Crippen LogP contribution < -0.4 is 10.2 Å². The lowest BCUT2D eigenvalue weighted by molar-refractivity contribution is -0.128. The molecule has 138 valence electrons. The maximum atomic E-state index is 13.4. The number of carbonyl (C=O) groups is 3. The molecule has 1 atom stereocenters. The Labute approximate surface area is 157 Å². The molecule has 1 N–H and O–H groups in total. The summed E-state index contributed by atoms with van der Waals surface area (Å²) in [7, 11) is 1.59. The van der Waals surface area contributed by atoms with Crippen molar-refractivity contribution in [2.75, 3.05) is 17.3 Å². The van der Waals surface area contributed by atoms with Gasteiger partial charge in [0.25, 0.3) is 11.8 Å². The zero-order valence-corrected chi connectivity index (χ0v) is 15.6. The van der Waals surface area contributed by atoms with Crippen molar-refractivity contribution >= 4 is 29.1 Å². The number of aryl methyl sites for hydroxylation is 1. The molecule has 1 fully saturated rings. The van der Waals surface area contributed by atoms with Gasteiger partial charge in [0.05, 0.1) is 11.3 Å². The van der Waals surface area contributed by atoms with Gasteiger partial charge < -0.3 is 10.2 Å². The number of amides is 3. The lowest BCUT2D eigenvalue weighted by atomic mass is 9.96. The highest BCUT2D eigenvalue weighted by Crippen LogP contribution is 2.44. The van der Waals surface area contributed by atoms with Crippen molar-refractivity contribution in [3.05, 3.63) is 59.2 Å². The Morgan fingerprint density at radius 2 is 1.81 bits per heavy atom. The van der Waals surface area contributed by atoms with Gasteiger partial charge >= 0.3 is 0 Å². The Hall–Kier alpha value is -3.15. The molecule has 0 radical (unpaired) electrons. The van der Waals surface area contributed by atoms with Gasteiger partial charge in [0.1, 0.15) is 0 Å². The number of nitrogens with zero attached hydrogens (tertiary/aromatic N) is 2. The Kier molecular flexibility index (Phi) is 3.80. The molecule has 2 heterocycles. The molecule has 2 aromatic carbocycles. The summed E-state index contributed by atoms with van der Waals surface area (Å²) in [6, 6.07) is 12.6. The summed E-state index contributed by atoms with van der Waals surface area (Å²) in [5.41, 5.74) is 2.29. The Balaban J connectivity index is 1.82. The average Bonchev–Trinajstić information content (AvgIpc) is 3.02. The fourth-order valence-corrected chi connectivity index (χ4v) is 4.04. The topological polar surface area (TPSA) is 69.7 Å². The Morgan fingerprint density at radius 3 is 2.59 bits per heavy atom. The smallest absolute Gasteiger partial charge is 0.271 e. The summed E-state index contributed by atoms with van der Waals surface area (Å²) < 4.78 is 0. The number of carbonyl (C=O) groups excluding carboxylic acids is 3. The highest BCUT2D eigenvalue weighted by atomic mass is 16.2. The summed E-state index contributed by atoms with van der Waals surface area (Å²) in [4.78, 5) is 42.0. The van der Waals surface area contributed by atoms with E-state index in [1.807, 2.05) is 32.0 Å². The third-order valence-electron chi connectivity index (χ3n) is 5.76. The number of hydrogen-bond acceptors (Lipinski definition) is 3. The third-order valence-corrected chi connectivity index (χ3v) is 5.76. The molecule has 1 saturated heterocycles. The van der Waals surface area contributed by atoms with Gasteiger partial charge in [0.15, 0.2) is 0 Å². The summed E-state index contributed by atoms with van der Waals surface area (Å²) in [6.45, 7) is 3.91. The van der Waals surface area contributed by atoms with Crippen molar-refractivity contribution in [3.63, 3.8) is 0 Å². The summed E-state index contributed by atoms with van der Waals surface area (Å²) in [5, 5.41) is 2.96. The first kappa shape index (κ1) is 17.3. The van der Waals surface area contributed by atoms with E-state index in [4.69, 9.17) is 0 Å². The quantitative estimate of drug-likeness (QED) is 0.892. The molecule has 3 amide bonds. The van der Waals surface area contributed by atoms with Crippen molar-refractivity contribution in [2.24, 2.45) is 0 Å².